The summed E-state index contributed by atoms with van der Waals surface area (Å²) in [6.45, 7) is 2.45. The molecule has 0 saturated carbocycles. The van der Waals surface area contributed by atoms with Crippen LogP contribution in [-0.2, 0) is 9.84 Å². The molecule has 2 atom stereocenters. The summed E-state index contributed by atoms with van der Waals surface area (Å²) in [6.07, 6.45) is 0. The van der Waals surface area contributed by atoms with Crippen LogP contribution in [0.25, 0.3) is 0 Å². The maximum atomic E-state index is 13.4. The third-order valence-corrected chi connectivity index (χ3v) is 6.84. The van der Waals surface area contributed by atoms with E-state index in [1.807, 2.05) is 19.1 Å². The lowest BCUT2D eigenvalue weighted by Crippen LogP contribution is -2.38. The molecule has 0 bridgehead atoms. The van der Waals surface area contributed by atoms with Gasteiger partial charge in [0.15, 0.2) is 9.84 Å². The smallest absolute Gasteiger partial charge is 0.329 e. The van der Waals surface area contributed by atoms with Crippen molar-refractivity contribution >= 4 is 27.2 Å². The van der Waals surface area contributed by atoms with Crippen molar-refractivity contribution in [1.82, 2.24) is 0 Å². The Morgan fingerprint density at radius 2 is 1.64 bits per heavy atom. The van der Waals surface area contributed by atoms with Crippen molar-refractivity contribution in [3.63, 3.8) is 0 Å². The fourth-order valence-corrected chi connectivity index (χ4v) is 5.90. The highest BCUT2D eigenvalue weighted by atomic mass is 32.2. The molecule has 2 aromatic rings. The number of ether oxygens (including phenoxy) is 2. The molecule has 0 radical (unpaired) electrons. The van der Waals surface area contributed by atoms with Crippen LogP contribution in [0.5, 0.6) is 11.5 Å². The van der Waals surface area contributed by atoms with E-state index in [2.05, 4.69) is 0 Å². The summed E-state index contributed by atoms with van der Waals surface area (Å²) < 4.78 is 35.6. The molecule has 0 spiro atoms. The minimum Gasteiger partial charge on any atom is -0.495 e. The second-order valence-electron chi connectivity index (χ2n) is 6.83. The fraction of sp³-hybridized carbons (Fsp3) is 0.350. The van der Waals surface area contributed by atoms with E-state index in [4.69, 9.17) is 9.47 Å². The van der Waals surface area contributed by atoms with E-state index in [0.717, 1.165) is 0 Å². The molecule has 0 N–H and O–H groups in total. The average molecular weight is 402 g/mol. The number of carbonyl (C=O) groups is 1. The van der Waals surface area contributed by atoms with Crippen LogP contribution >= 0.6 is 0 Å². The van der Waals surface area contributed by atoms with Gasteiger partial charge in [0.25, 0.3) is 0 Å². The van der Waals surface area contributed by atoms with E-state index in [0.29, 0.717) is 29.5 Å². The molecule has 4 rings (SSSR count). The molecular formula is C20H22N2O5S. The lowest BCUT2D eigenvalue weighted by molar-refractivity contribution is 0.255. The summed E-state index contributed by atoms with van der Waals surface area (Å²) in [6, 6.07) is 13.2. The van der Waals surface area contributed by atoms with Crippen LogP contribution in [0.1, 0.15) is 6.92 Å². The van der Waals surface area contributed by atoms with Crippen molar-refractivity contribution in [3.05, 3.63) is 48.5 Å². The molecule has 2 aliphatic rings. The van der Waals surface area contributed by atoms with Crippen LogP contribution in [-0.4, -0.2) is 51.8 Å². The van der Waals surface area contributed by atoms with Crippen molar-refractivity contribution in [3.8, 4) is 11.5 Å². The number of fused-ring (bicyclic) bond motifs is 1. The number of rotatable bonds is 5. The van der Waals surface area contributed by atoms with E-state index in [1.165, 1.54) is 7.11 Å². The Bertz CT molecular complexity index is 990. The molecule has 7 nitrogen and oxygen atoms in total. The van der Waals surface area contributed by atoms with E-state index in [9.17, 15) is 13.2 Å². The number of urea groups is 1. The zero-order chi connectivity index (χ0) is 19.9. The van der Waals surface area contributed by atoms with Crippen LogP contribution in [0.3, 0.4) is 0 Å². The number of amides is 2. The van der Waals surface area contributed by atoms with E-state index >= 15 is 0 Å². The summed E-state index contributed by atoms with van der Waals surface area (Å²) in [5.74, 6) is 1.12. The number of benzene rings is 2. The Labute approximate surface area is 164 Å². The highest BCUT2D eigenvalue weighted by molar-refractivity contribution is 7.91. The van der Waals surface area contributed by atoms with Crippen molar-refractivity contribution < 1.29 is 22.7 Å². The molecule has 0 aliphatic carbocycles. The highest BCUT2D eigenvalue weighted by Gasteiger charge is 2.54. The summed E-state index contributed by atoms with van der Waals surface area (Å²) in [7, 11) is -1.71. The second-order valence-corrected chi connectivity index (χ2v) is 8.99. The minimum absolute atomic E-state index is 0.0533. The highest BCUT2D eigenvalue weighted by Crippen LogP contribution is 2.41. The van der Waals surface area contributed by atoms with Crippen molar-refractivity contribution in [2.45, 2.75) is 19.0 Å². The summed E-state index contributed by atoms with van der Waals surface area (Å²) >= 11 is 0. The van der Waals surface area contributed by atoms with Crippen LogP contribution in [0.2, 0.25) is 0 Å². The molecule has 2 saturated heterocycles. The van der Waals surface area contributed by atoms with Crippen molar-refractivity contribution in [2.75, 3.05) is 35.0 Å². The number of hydrogen-bond donors (Lipinski definition) is 0. The predicted octanol–water partition coefficient (Wildman–Crippen LogP) is 2.71. The number of carbonyl (C=O) groups excluding carboxylic acids is 1. The van der Waals surface area contributed by atoms with E-state index in [-0.39, 0.29) is 17.5 Å². The number of nitrogens with zero attached hydrogens (tertiary/aromatic N) is 2. The minimum atomic E-state index is -3.25. The molecule has 148 valence electrons. The first-order valence-electron chi connectivity index (χ1n) is 9.14. The zero-order valence-electron chi connectivity index (χ0n) is 15.7. The SMILES string of the molecule is CCOc1ccc(N2C(=O)N(c3ccccc3OC)[C@@H]3CS(=O)(=O)C[C@H]32)cc1. The number of anilines is 2. The maximum absolute atomic E-state index is 13.4. The fourth-order valence-electron chi connectivity index (χ4n) is 3.99. The van der Waals surface area contributed by atoms with Gasteiger partial charge in [-0.1, -0.05) is 12.1 Å². The Balaban J connectivity index is 1.76. The first kappa shape index (κ1) is 18.6. The number of hydrogen-bond acceptors (Lipinski definition) is 5. The predicted molar refractivity (Wildman–Crippen MR) is 107 cm³/mol. The topological polar surface area (TPSA) is 76.2 Å². The van der Waals surface area contributed by atoms with Crippen LogP contribution in [0, 0.1) is 0 Å². The quantitative estimate of drug-likeness (QED) is 0.719. The Kier molecular flexibility index (Phi) is 4.66. The van der Waals surface area contributed by atoms with Crippen molar-refractivity contribution in [2.24, 2.45) is 0 Å². The van der Waals surface area contributed by atoms with E-state index in [1.54, 1.807) is 46.2 Å². The molecule has 2 aliphatic heterocycles. The monoisotopic (exact) mass is 402 g/mol. The van der Waals surface area contributed by atoms with Gasteiger partial charge in [0.05, 0.1) is 43.0 Å². The van der Waals surface area contributed by atoms with Gasteiger partial charge >= 0.3 is 6.03 Å². The molecule has 2 heterocycles. The molecule has 28 heavy (non-hydrogen) atoms. The molecule has 0 unspecified atom stereocenters. The normalized spacial score (nSPS) is 23.0. The molecule has 2 fully saturated rings. The summed E-state index contributed by atoms with van der Waals surface area (Å²) in [5, 5.41) is 0. The lowest BCUT2D eigenvalue weighted by Gasteiger charge is -2.24. The van der Waals surface area contributed by atoms with Gasteiger partial charge in [0.1, 0.15) is 11.5 Å². The Morgan fingerprint density at radius 3 is 2.29 bits per heavy atom. The van der Waals surface area contributed by atoms with Crippen LogP contribution in [0.4, 0.5) is 16.2 Å². The number of para-hydroxylation sites is 2. The van der Waals surface area contributed by atoms with Gasteiger partial charge in [-0.3, -0.25) is 9.80 Å². The maximum Gasteiger partial charge on any atom is 0.329 e. The largest absolute Gasteiger partial charge is 0.495 e. The average Bonchev–Trinajstić information content (AvgIpc) is 3.11. The van der Waals surface area contributed by atoms with Gasteiger partial charge in [-0.05, 0) is 43.3 Å². The third kappa shape index (κ3) is 3.07. The first-order chi connectivity index (χ1) is 13.4. The Morgan fingerprint density at radius 1 is 1.00 bits per heavy atom. The van der Waals surface area contributed by atoms with Gasteiger partial charge in [-0.15, -0.1) is 0 Å². The van der Waals surface area contributed by atoms with Gasteiger partial charge in [0, 0.05) is 5.69 Å². The number of methoxy groups -OCH3 is 1. The lowest BCUT2D eigenvalue weighted by atomic mass is 10.1. The van der Waals surface area contributed by atoms with Gasteiger partial charge in [-0.25, -0.2) is 13.2 Å². The second kappa shape index (κ2) is 7.01. The van der Waals surface area contributed by atoms with Crippen molar-refractivity contribution in [1.29, 1.82) is 0 Å². The molecule has 2 amide bonds. The summed E-state index contributed by atoms with van der Waals surface area (Å²) in [5.41, 5.74) is 1.23. The standard InChI is InChI=1S/C20H22N2O5S/c1-3-27-15-10-8-14(9-11-15)21-17-12-28(24,25)13-18(17)22(20(21)23)16-6-4-5-7-19(16)26-2/h4-11,17-18H,3,12-13H2,1-2H3/t17-,18-/m1/s1. The van der Waals surface area contributed by atoms with E-state index < -0.39 is 21.9 Å². The van der Waals surface area contributed by atoms with Crippen LogP contribution < -0.4 is 19.3 Å². The third-order valence-electron chi connectivity index (χ3n) is 5.14. The molecular weight excluding hydrogens is 380 g/mol. The van der Waals surface area contributed by atoms with Gasteiger partial charge in [0.2, 0.25) is 0 Å². The molecule has 2 aromatic carbocycles. The summed E-state index contributed by atoms with van der Waals surface area (Å²) in [4.78, 5) is 16.5. The molecule has 0 aromatic heterocycles. The van der Waals surface area contributed by atoms with Crippen LogP contribution in [0.15, 0.2) is 48.5 Å². The van der Waals surface area contributed by atoms with Gasteiger partial charge < -0.3 is 9.47 Å². The van der Waals surface area contributed by atoms with Gasteiger partial charge in [-0.2, -0.15) is 0 Å². The Hall–Kier alpha value is -2.74. The number of sulfone groups is 1. The first-order valence-corrected chi connectivity index (χ1v) is 11.0. The molecule has 8 heteroatoms. The zero-order valence-corrected chi connectivity index (χ0v) is 16.6.